The number of methoxy groups -OCH3 is 1. The van der Waals surface area contributed by atoms with Gasteiger partial charge in [-0.05, 0) is 26.8 Å². The fourth-order valence-electron chi connectivity index (χ4n) is 2.75. The third kappa shape index (κ3) is 4.09. The Bertz CT molecular complexity index is 577. The summed E-state index contributed by atoms with van der Waals surface area (Å²) in [4.78, 5) is 16.1. The Morgan fingerprint density at radius 2 is 2.04 bits per heavy atom. The van der Waals surface area contributed by atoms with E-state index in [1.54, 1.807) is 18.1 Å². The van der Waals surface area contributed by atoms with Crippen molar-refractivity contribution in [3.63, 3.8) is 0 Å². The van der Waals surface area contributed by atoms with Crippen LogP contribution >= 0.6 is 11.6 Å². The summed E-state index contributed by atoms with van der Waals surface area (Å²) in [6.45, 7) is 8.02. The van der Waals surface area contributed by atoms with Crippen molar-refractivity contribution in [3.8, 4) is 11.5 Å². The zero-order valence-electron chi connectivity index (χ0n) is 14.4. The molecule has 0 aromatic heterocycles. The highest BCUT2D eigenvalue weighted by Crippen LogP contribution is 2.36. The van der Waals surface area contributed by atoms with Gasteiger partial charge in [-0.2, -0.15) is 0 Å². The van der Waals surface area contributed by atoms with Gasteiger partial charge in [-0.25, -0.2) is 0 Å². The van der Waals surface area contributed by atoms with Gasteiger partial charge in [0, 0.05) is 43.3 Å². The molecule has 6 heteroatoms. The minimum absolute atomic E-state index is 0.0235. The van der Waals surface area contributed by atoms with Gasteiger partial charge in [-0.3, -0.25) is 9.69 Å². The number of carbonyl (C=O) groups excluding carboxylic acids is 1. The van der Waals surface area contributed by atoms with E-state index in [4.69, 9.17) is 21.1 Å². The number of hydrogen-bond donors (Lipinski definition) is 0. The van der Waals surface area contributed by atoms with Gasteiger partial charge >= 0.3 is 0 Å². The van der Waals surface area contributed by atoms with Crippen molar-refractivity contribution >= 4 is 17.5 Å². The lowest BCUT2D eigenvalue weighted by molar-refractivity contribution is -0.139. The van der Waals surface area contributed by atoms with Gasteiger partial charge in [0.1, 0.15) is 0 Å². The number of piperazine rings is 1. The van der Waals surface area contributed by atoms with Gasteiger partial charge in [-0.15, -0.1) is 0 Å². The van der Waals surface area contributed by atoms with Crippen LogP contribution in [0.2, 0.25) is 5.02 Å². The van der Waals surface area contributed by atoms with Crippen LogP contribution in [0.25, 0.3) is 0 Å². The summed E-state index contributed by atoms with van der Waals surface area (Å²) in [5.74, 6) is 1.45. The number of likely N-dealkylation sites (N-methyl/N-ethyl adjacent to an activating group) is 1. The van der Waals surface area contributed by atoms with Crippen molar-refractivity contribution in [1.82, 2.24) is 9.80 Å². The van der Waals surface area contributed by atoms with Crippen molar-refractivity contribution in [2.45, 2.75) is 39.5 Å². The van der Waals surface area contributed by atoms with Crippen LogP contribution in [0.4, 0.5) is 0 Å². The molecule has 23 heavy (non-hydrogen) atoms. The van der Waals surface area contributed by atoms with E-state index in [1.807, 2.05) is 33.9 Å². The molecule has 5 nitrogen and oxygen atoms in total. The topological polar surface area (TPSA) is 42.0 Å². The van der Waals surface area contributed by atoms with Gasteiger partial charge in [0.05, 0.1) is 19.3 Å². The molecule has 1 aliphatic rings. The molecule has 0 aliphatic carbocycles. The number of carbonyl (C=O) groups is 1. The Hall–Kier alpha value is -1.46. The molecule has 128 valence electrons. The van der Waals surface area contributed by atoms with E-state index in [2.05, 4.69) is 4.90 Å². The molecule has 0 N–H and O–H groups in total. The van der Waals surface area contributed by atoms with Gasteiger partial charge in [0.25, 0.3) is 0 Å². The van der Waals surface area contributed by atoms with Gasteiger partial charge in [0.15, 0.2) is 11.5 Å². The summed E-state index contributed by atoms with van der Waals surface area (Å²) in [6.07, 6.45) is 0.0235. The molecule has 0 saturated carbocycles. The summed E-state index contributed by atoms with van der Waals surface area (Å²) in [5.41, 5.74) is 0.937. The van der Waals surface area contributed by atoms with Crippen LogP contribution in [0.1, 0.15) is 26.3 Å². The first-order valence-corrected chi connectivity index (χ1v) is 8.23. The molecule has 1 aromatic rings. The third-order valence-corrected chi connectivity index (χ3v) is 4.27. The first-order valence-electron chi connectivity index (χ1n) is 7.85. The largest absolute Gasteiger partial charge is 0.493 e. The zero-order chi connectivity index (χ0) is 17.1. The highest BCUT2D eigenvalue weighted by atomic mass is 35.5. The highest BCUT2D eigenvalue weighted by Gasteiger charge is 2.30. The summed E-state index contributed by atoms with van der Waals surface area (Å²) >= 11 is 6.21. The van der Waals surface area contributed by atoms with E-state index in [9.17, 15) is 4.79 Å². The molecular formula is C17H25ClN2O3. The molecule has 1 heterocycles. The summed E-state index contributed by atoms with van der Waals surface area (Å²) in [5, 5.41) is 0.598. The van der Waals surface area contributed by atoms with Crippen molar-refractivity contribution in [2.24, 2.45) is 0 Å². The van der Waals surface area contributed by atoms with Crippen molar-refractivity contribution in [3.05, 3.63) is 22.7 Å². The third-order valence-electron chi connectivity index (χ3n) is 4.05. The molecule has 1 amide bonds. The molecule has 0 bridgehead atoms. The van der Waals surface area contributed by atoms with Crippen LogP contribution in [0.3, 0.4) is 0 Å². The zero-order valence-corrected chi connectivity index (χ0v) is 15.2. The Morgan fingerprint density at radius 1 is 1.35 bits per heavy atom. The molecular weight excluding hydrogens is 316 g/mol. The van der Waals surface area contributed by atoms with Crippen LogP contribution in [-0.2, 0) is 11.3 Å². The van der Waals surface area contributed by atoms with Crippen LogP contribution in [0.5, 0.6) is 11.5 Å². The Balaban J connectivity index is 2.31. The average molecular weight is 341 g/mol. The van der Waals surface area contributed by atoms with Gasteiger partial charge in [-0.1, -0.05) is 11.6 Å². The van der Waals surface area contributed by atoms with Crippen LogP contribution in [0.15, 0.2) is 12.1 Å². The minimum atomic E-state index is -0.161. The van der Waals surface area contributed by atoms with E-state index < -0.39 is 0 Å². The fraction of sp³-hybridized carbons (Fsp3) is 0.588. The molecule has 1 atom stereocenters. The lowest BCUT2D eigenvalue weighted by Crippen LogP contribution is -2.53. The highest BCUT2D eigenvalue weighted by molar-refractivity contribution is 6.30. The fourth-order valence-corrected chi connectivity index (χ4v) is 2.98. The maximum absolute atomic E-state index is 12.2. The first-order chi connectivity index (χ1) is 10.8. The summed E-state index contributed by atoms with van der Waals surface area (Å²) < 4.78 is 11.4. The maximum atomic E-state index is 12.2. The second-order valence-corrected chi connectivity index (χ2v) is 6.61. The van der Waals surface area contributed by atoms with E-state index in [-0.39, 0.29) is 18.1 Å². The number of ether oxygens (including phenoxy) is 2. The molecule has 1 fully saturated rings. The molecule has 2 rings (SSSR count). The molecule has 1 unspecified atom stereocenters. The summed E-state index contributed by atoms with van der Waals surface area (Å²) in [7, 11) is 3.44. The SMILES string of the molecule is COc1cc(Cl)cc(CN2CCN(C)C(=O)C2C)c1OC(C)C. The van der Waals surface area contributed by atoms with Crippen LogP contribution < -0.4 is 9.47 Å². The van der Waals surface area contributed by atoms with E-state index in [0.717, 1.165) is 18.7 Å². The van der Waals surface area contributed by atoms with Crippen molar-refractivity contribution in [1.29, 1.82) is 0 Å². The number of halogens is 1. The predicted octanol–water partition coefficient (Wildman–Crippen LogP) is 2.80. The van der Waals surface area contributed by atoms with Crippen molar-refractivity contribution < 1.29 is 14.3 Å². The predicted molar refractivity (Wildman–Crippen MR) is 91.3 cm³/mol. The molecule has 0 spiro atoms. The van der Waals surface area contributed by atoms with E-state index in [1.165, 1.54) is 0 Å². The van der Waals surface area contributed by atoms with E-state index >= 15 is 0 Å². The smallest absolute Gasteiger partial charge is 0.239 e. The average Bonchev–Trinajstić information content (AvgIpc) is 2.49. The Kier molecular flexibility index (Phi) is 5.76. The Labute approximate surface area is 143 Å². The van der Waals surface area contributed by atoms with Gasteiger partial charge in [0.2, 0.25) is 5.91 Å². The second-order valence-electron chi connectivity index (χ2n) is 6.17. The van der Waals surface area contributed by atoms with Gasteiger partial charge < -0.3 is 14.4 Å². The van der Waals surface area contributed by atoms with Crippen LogP contribution in [0, 0.1) is 0 Å². The quantitative estimate of drug-likeness (QED) is 0.826. The van der Waals surface area contributed by atoms with Crippen molar-refractivity contribution in [2.75, 3.05) is 27.2 Å². The standard InChI is InChI=1S/C17H25ClN2O3/c1-11(2)23-16-13(8-14(18)9-15(16)22-5)10-20-7-6-19(4)17(21)12(20)3/h8-9,11-12H,6-7,10H2,1-5H3. The Morgan fingerprint density at radius 3 is 2.65 bits per heavy atom. The van der Waals surface area contributed by atoms with Crippen LogP contribution in [-0.4, -0.2) is 55.1 Å². The lowest BCUT2D eigenvalue weighted by atomic mass is 10.1. The van der Waals surface area contributed by atoms with E-state index in [0.29, 0.717) is 23.1 Å². The summed E-state index contributed by atoms with van der Waals surface area (Å²) in [6, 6.07) is 3.48. The number of benzene rings is 1. The maximum Gasteiger partial charge on any atom is 0.239 e. The molecule has 1 aromatic carbocycles. The molecule has 0 radical (unpaired) electrons. The second kappa shape index (κ2) is 7.41. The monoisotopic (exact) mass is 340 g/mol. The number of hydrogen-bond acceptors (Lipinski definition) is 4. The molecule has 1 saturated heterocycles. The minimum Gasteiger partial charge on any atom is -0.493 e. The normalized spacial score (nSPS) is 19.3. The number of rotatable bonds is 5. The number of nitrogens with zero attached hydrogens (tertiary/aromatic N) is 2. The number of amides is 1. The lowest BCUT2D eigenvalue weighted by Gasteiger charge is -2.37. The molecule has 1 aliphatic heterocycles. The first kappa shape index (κ1) is 17.9.